The van der Waals surface area contributed by atoms with Crippen LogP contribution in [-0.2, 0) is 10.0 Å². The van der Waals surface area contributed by atoms with Crippen LogP contribution in [0.15, 0.2) is 63.9 Å². The molecule has 24 heavy (non-hydrogen) atoms. The maximum Gasteiger partial charge on any atom is 0.263 e. The summed E-state index contributed by atoms with van der Waals surface area (Å²) >= 11 is 0. The molecular weight excluding hydrogens is 328 g/mol. The van der Waals surface area contributed by atoms with Gasteiger partial charge in [-0.15, -0.1) is 0 Å². The molecule has 0 fully saturated rings. The number of carbonyl (C=O) groups is 1. The Hall–Kier alpha value is -2.77. The monoisotopic (exact) mass is 342 g/mol. The standard InChI is InChI=1S/C17H14N2O4S/c1-11(20)17-19-15(12-7-3-2-4-8-12)16(23-17)13-9-5-6-10-14(13)24(18,21)22/h2-10H,1H3,(H2,18,21,22). The molecular formula is C17H14N2O4S. The normalized spacial score (nSPS) is 11.4. The first-order valence-electron chi connectivity index (χ1n) is 7.07. The van der Waals surface area contributed by atoms with Gasteiger partial charge in [-0.1, -0.05) is 42.5 Å². The van der Waals surface area contributed by atoms with Crippen molar-refractivity contribution in [3.05, 3.63) is 60.5 Å². The van der Waals surface area contributed by atoms with E-state index in [0.29, 0.717) is 11.3 Å². The summed E-state index contributed by atoms with van der Waals surface area (Å²) in [4.78, 5) is 15.8. The first-order chi connectivity index (χ1) is 11.4. The molecule has 2 aromatic carbocycles. The van der Waals surface area contributed by atoms with E-state index in [1.807, 2.05) is 18.2 Å². The smallest absolute Gasteiger partial charge is 0.263 e. The highest BCUT2D eigenvalue weighted by Gasteiger charge is 2.24. The number of aromatic nitrogens is 1. The number of oxazole rings is 1. The molecule has 2 N–H and O–H groups in total. The minimum absolute atomic E-state index is 0.0894. The fraction of sp³-hybridized carbons (Fsp3) is 0.0588. The Morgan fingerprint density at radius 2 is 1.67 bits per heavy atom. The Balaban J connectivity index is 2.32. The van der Waals surface area contributed by atoms with Crippen LogP contribution in [0.3, 0.4) is 0 Å². The van der Waals surface area contributed by atoms with Crippen molar-refractivity contribution in [1.29, 1.82) is 0 Å². The van der Waals surface area contributed by atoms with Crippen molar-refractivity contribution in [3.8, 4) is 22.6 Å². The Morgan fingerprint density at radius 1 is 1.04 bits per heavy atom. The SMILES string of the molecule is CC(=O)c1nc(-c2ccccc2)c(-c2ccccc2S(N)(=O)=O)o1. The van der Waals surface area contributed by atoms with E-state index in [0.717, 1.165) is 0 Å². The van der Waals surface area contributed by atoms with E-state index in [4.69, 9.17) is 9.56 Å². The van der Waals surface area contributed by atoms with Gasteiger partial charge in [0.1, 0.15) is 5.69 Å². The fourth-order valence-electron chi connectivity index (χ4n) is 2.35. The van der Waals surface area contributed by atoms with E-state index in [-0.39, 0.29) is 27.9 Å². The third kappa shape index (κ3) is 2.99. The number of nitrogens with zero attached hydrogens (tertiary/aromatic N) is 1. The van der Waals surface area contributed by atoms with Gasteiger partial charge in [-0.2, -0.15) is 0 Å². The number of Topliss-reactive ketones (excluding diaryl/α,β-unsaturated/α-hetero) is 1. The summed E-state index contributed by atoms with van der Waals surface area (Å²) in [6.45, 7) is 1.33. The Kier molecular flexibility index (Phi) is 4.04. The molecule has 3 rings (SSSR count). The van der Waals surface area contributed by atoms with E-state index < -0.39 is 10.0 Å². The molecule has 1 heterocycles. The zero-order valence-corrected chi connectivity index (χ0v) is 13.6. The molecule has 0 bridgehead atoms. The summed E-state index contributed by atoms with van der Waals surface area (Å²) < 4.78 is 29.3. The summed E-state index contributed by atoms with van der Waals surface area (Å²) in [5.41, 5.74) is 1.35. The Morgan fingerprint density at radius 3 is 2.29 bits per heavy atom. The molecule has 0 spiro atoms. The van der Waals surface area contributed by atoms with Crippen LogP contribution in [0, 0.1) is 0 Å². The van der Waals surface area contributed by atoms with Crippen molar-refractivity contribution >= 4 is 15.8 Å². The second-order valence-electron chi connectivity index (χ2n) is 5.16. The topological polar surface area (TPSA) is 103 Å². The van der Waals surface area contributed by atoms with Gasteiger partial charge in [-0.05, 0) is 12.1 Å². The number of carbonyl (C=O) groups excluding carboxylic acids is 1. The van der Waals surface area contributed by atoms with Gasteiger partial charge < -0.3 is 4.42 Å². The lowest BCUT2D eigenvalue weighted by molar-refractivity contribution is 0.0981. The van der Waals surface area contributed by atoms with Gasteiger partial charge in [0.25, 0.3) is 5.89 Å². The summed E-state index contributed by atoms with van der Waals surface area (Å²) in [6.07, 6.45) is 0. The minimum Gasteiger partial charge on any atom is -0.433 e. The van der Waals surface area contributed by atoms with Gasteiger partial charge in [-0.3, -0.25) is 4.79 Å². The van der Waals surface area contributed by atoms with Crippen LogP contribution in [0.1, 0.15) is 17.6 Å². The third-order valence-electron chi connectivity index (χ3n) is 3.41. The van der Waals surface area contributed by atoms with Crippen LogP contribution in [0.2, 0.25) is 0 Å². The number of hydrogen-bond donors (Lipinski definition) is 1. The lowest BCUT2D eigenvalue weighted by Crippen LogP contribution is -2.13. The molecule has 3 aromatic rings. The van der Waals surface area contributed by atoms with Crippen molar-refractivity contribution < 1.29 is 17.6 Å². The van der Waals surface area contributed by atoms with Crippen LogP contribution in [0.4, 0.5) is 0 Å². The van der Waals surface area contributed by atoms with Crippen molar-refractivity contribution in [1.82, 2.24) is 4.98 Å². The van der Waals surface area contributed by atoms with Crippen LogP contribution >= 0.6 is 0 Å². The molecule has 7 heteroatoms. The third-order valence-corrected chi connectivity index (χ3v) is 4.38. The van der Waals surface area contributed by atoms with Crippen LogP contribution in [0.25, 0.3) is 22.6 Å². The summed E-state index contributed by atoms with van der Waals surface area (Å²) in [6, 6.07) is 15.2. The largest absolute Gasteiger partial charge is 0.433 e. The fourth-order valence-corrected chi connectivity index (χ4v) is 3.08. The predicted molar refractivity (Wildman–Crippen MR) is 88.8 cm³/mol. The molecule has 0 aliphatic heterocycles. The lowest BCUT2D eigenvalue weighted by atomic mass is 10.1. The molecule has 6 nitrogen and oxygen atoms in total. The van der Waals surface area contributed by atoms with Gasteiger partial charge in [-0.25, -0.2) is 18.5 Å². The minimum atomic E-state index is -3.96. The number of nitrogens with two attached hydrogens (primary N) is 1. The van der Waals surface area contributed by atoms with Gasteiger partial charge in [0.05, 0.1) is 4.90 Å². The molecule has 0 unspecified atom stereocenters. The van der Waals surface area contributed by atoms with E-state index in [1.165, 1.54) is 13.0 Å². The second-order valence-corrected chi connectivity index (χ2v) is 6.69. The number of primary sulfonamides is 1. The number of hydrogen-bond acceptors (Lipinski definition) is 5. The quantitative estimate of drug-likeness (QED) is 0.734. The summed E-state index contributed by atoms with van der Waals surface area (Å²) in [7, 11) is -3.96. The predicted octanol–water partition coefficient (Wildman–Crippen LogP) is 2.86. The lowest BCUT2D eigenvalue weighted by Gasteiger charge is -2.06. The van der Waals surface area contributed by atoms with Gasteiger partial charge in [0.15, 0.2) is 5.76 Å². The molecule has 0 saturated carbocycles. The molecule has 0 atom stereocenters. The van der Waals surface area contributed by atoms with Crippen molar-refractivity contribution in [2.24, 2.45) is 5.14 Å². The van der Waals surface area contributed by atoms with Crippen LogP contribution in [0.5, 0.6) is 0 Å². The highest BCUT2D eigenvalue weighted by molar-refractivity contribution is 7.89. The maximum atomic E-state index is 11.9. The first-order valence-corrected chi connectivity index (χ1v) is 8.62. The Labute approximate surface area is 139 Å². The van der Waals surface area contributed by atoms with Crippen LogP contribution in [-0.4, -0.2) is 19.2 Å². The van der Waals surface area contributed by atoms with E-state index in [2.05, 4.69) is 4.98 Å². The van der Waals surface area contributed by atoms with Crippen molar-refractivity contribution in [2.75, 3.05) is 0 Å². The van der Waals surface area contributed by atoms with Crippen LogP contribution < -0.4 is 5.14 Å². The summed E-state index contributed by atoms with van der Waals surface area (Å²) in [5.74, 6) is -0.254. The number of ketones is 1. The molecule has 122 valence electrons. The highest BCUT2D eigenvalue weighted by atomic mass is 32.2. The van der Waals surface area contributed by atoms with E-state index >= 15 is 0 Å². The number of sulfonamides is 1. The summed E-state index contributed by atoms with van der Waals surface area (Å²) in [5, 5.41) is 5.29. The molecule has 0 aliphatic carbocycles. The molecule has 0 amide bonds. The van der Waals surface area contributed by atoms with Crippen molar-refractivity contribution in [2.45, 2.75) is 11.8 Å². The maximum absolute atomic E-state index is 11.9. The average molecular weight is 342 g/mol. The average Bonchev–Trinajstić information content (AvgIpc) is 3.00. The highest BCUT2D eigenvalue weighted by Crippen LogP contribution is 2.35. The zero-order valence-electron chi connectivity index (χ0n) is 12.8. The van der Waals surface area contributed by atoms with Gasteiger partial charge >= 0.3 is 0 Å². The van der Waals surface area contributed by atoms with Gasteiger partial charge in [0.2, 0.25) is 15.8 Å². The molecule has 0 saturated heterocycles. The number of benzene rings is 2. The molecule has 0 aliphatic rings. The molecule has 0 radical (unpaired) electrons. The first kappa shape index (κ1) is 16.1. The van der Waals surface area contributed by atoms with E-state index in [1.54, 1.807) is 30.3 Å². The second kappa shape index (κ2) is 6.03. The van der Waals surface area contributed by atoms with E-state index in [9.17, 15) is 13.2 Å². The Bertz CT molecular complexity index is 1010. The number of rotatable bonds is 4. The zero-order chi connectivity index (χ0) is 17.3. The molecule has 1 aromatic heterocycles. The van der Waals surface area contributed by atoms with Gasteiger partial charge in [0, 0.05) is 18.1 Å². The van der Waals surface area contributed by atoms with Crippen molar-refractivity contribution in [3.63, 3.8) is 0 Å².